The molecule has 0 aliphatic heterocycles. The van der Waals surface area contributed by atoms with Gasteiger partial charge < -0.3 is 10.1 Å². The second-order valence-electron chi connectivity index (χ2n) is 4.88. The van der Waals surface area contributed by atoms with E-state index in [-0.39, 0.29) is 5.69 Å². The largest absolute Gasteiger partial charge is 0.465 e. The first-order valence-electron chi connectivity index (χ1n) is 6.18. The Kier molecular flexibility index (Phi) is 5.27. The lowest BCUT2D eigenvalue weighted by atomic mass is 9.98. The molecule has 0 aliphatic carbocycles. The van der Waals surface area contributed by atoms with Gasteiger partial charge in [0.2, 0.25) is 0 Å². The molecule has 5 heteroatoms. The second-order valence-corrected chi connectivity index (χ2v) is 4.88. The van der Waals surface area contributed by atoms with E-state index in [0.717, 1.165) is 7.11 Å². The quantitative estimate of drug-likeness (QED) is 0.833. The molecular formula is C14H19F2NO2. The molecule has 0 aliphatic rings. The third kappa shape index (κ3) is 3.66. The summed E-state index contributed by atoms with van der Waals surface area (Å²) >= 11 is 0. The Labute approximate surface area is 112 Å². The first-order chi connectivity index (χ1) is 8.88. The smallest absolute Gasteiger partial charge is 0.340 e. The SMILES string of the molecule is COC(=O)c1ccc(NCC(C)C(C)C)c(F)c1F. The van der Waals surface area contributed by atoms with Crippen molar-refractivity contribution in [3.63, 3.8) is 0 Å². The van der Waals surface area contributed by atoms with E-state index in [9.17, 15) is 13.6 Å². The number of hydrogen-bond donors (Lipinski definition) is 1. The number of ether oxygens (including phenoxy) is 1. The molecule has 1 unspecified atom stereocenters. The zero-order valence-electron chi connectivity index (χ0n) is 11.6. The predicted molar refractivity (Wildman–Crippen MR) is 70.2 cm³/mol. The van der Waals surface area contributed by atoms with Crippen molar-refractivity contribution in [2.75, 3.05) is 19.0 Å². The van der Waals surface area contributed by atoms with E-state index in [4.69, 9.17) is 0 Å². The molecule has 0 spiro atoms. The van der Waals surface area contributed by atoms with Crippen molar-refractivity contribution in [2.45, 2.75) is 20.8 Å². The molecule has 0 aromatic heterocycles. The van der Waals surface area contributed by atoms with Crippen LogP contribution in [0.2, 0.25) is 0 Å². The number of carbonyl (C=O) groups is 1. The summed E-state index contributed by atoms with van der Waals surface area (Å²) in [6.07, 6.45) is 0. The number of hydrogen-bond acceptors (Lipinski definition) is 3. The topological polar surface area (TPSA) is 38.3 Å². The molecule has 0 amide bonds. The molecule has 1 rings (SSSR count). The Bertz CT molecular complexity index is 461. The Balaban J connectivity index is 2.88. The van der Waals surface area contributed by atoms with Gasteiger partial charge >= 0.3 is 5.97 Å². The number of halogens is 2. The van der Waals surface area contributed by atoms with Crippen LogP contribution in [0.25, 0.3) is 0 Å². The number of carbonyl (C=O) groups excluding carboxylic acids is 1. The molecule has 0 saturated carbocycles. The van der Waals surface area contributed by atoms with Crippen LogP contribution in [0.1, 0.15) is 31.1 Å². The Hall–Kier alpha value is -1.65. The highest BCUT2D eigenvalue weighted by Crippen LogP contribution is 2.22. The van der Waals surface area contributed by atoms with Crippen LogP contribution in [0.15, 0.2) is 12.1 Å². The lowest BCUT2D eigenvalue weighted by Gasteiger charge is -2.17. The Morgan fingerprint density at radius 1 is 1.26 bits per heavy atom. The molecule has 0 radical (unpaired) electrons. The summed E-state index contributed by atoms with van der Waals surface area (Å²) in [4.78, 5) is 11.2. The highest BCUT2D eigenvalue weighted by atomic mass is 19.2. The van der Waals surface area contributed by atoms with Crippen molar-refractivity contribution in [2.24, 2.45) is 11.8 Å². The molecule has 1 N–H and O–H groups in total. The molecule has 1 aromatic carbocycles. The van der Waals surface area contributed by atoms with Crippen LogP contribution in [0.4, 0.5) is 14.5 Å². The van der Waals surface area contributed by atoms with E-state index in [0.29, 0.717) is 18.4 Å². The summed E-state index contributed by atoms with van der Waals surface area (Å²) < 4.78 is 31.8. The summed E-state index contributed by atoms with van der Waals surface area (Å²) in [5, 5.41) is 2.85. The summed E-state index contributed by atoms with van der Waals surface area (Å²) in [7, 11) is 1.12. The Morgan fingerprint density at radius 3 is 2.42 bits per heavy atom. The van der Waals surface area contributed by atoms with Crippen molar-refractivity contribution in [3.05, 3.63) is 29.3 Å². The fraction of sp³-hybridized carbons (Fsp3) is 0.500. The van der Waals surface area contributed by atoms with Crippen LogP contribution in [0, 0.1) is 23.5 Å². The van der Waals surface area contributed by atoms with Crippen LogP contribution in [-0.4, -0.2) is 19.6 Å². The number of anilines is 1. The molecule has 1 aromatic rings. The van der Waals surface area contributed by atoms with Gasteiger partial charge in [-0.25, -0.2) is 13.6 Å². The maximum atomic E-state index is 13.8. The van der Waals surface area contributed by atoms with Crippen molar-refractivity contribution < 1.29 is 18.3 Å². The van der Waals surface area contributed by atoms with E-state index >= 15 is 0 Å². The van der Waals surface area contributed by atoms with Gasteiger partial charge in [0.15, 0.2) is 11.6 Å². The standard InChI is InChI=1S/C14H19F2NO2/c1-8(2)9(3)7-17-11-6-5-10(14(18)19-4)12(15)13(11)16/h5-6,8-9,17H,7H2,1-4H3. The average molecular weight is 271 g/mol. The fourth-order valence-corrected chi connectivity index (χ4v) is 1.46. The predicted octanol–water partition coefficient (Wildman–Crippen LogP) is 3.46. The maximum Gasteiger partial charge on any atom is 0.340 e. The van der Waals surface area contributed by atoms with Crippen molar-refractivity contribution in [1.29, 1.82) is 0 Å². The lowest BCUT2D eigenvalue weighted by Crippen LogP contribution is -2.17. The number of esters is 1. The number of benzene rings is 1. The molecule has 0 heterocycles. The summed E-state index contributed by atoms with van der Waals surface area (Å²) in [5.74, 6) is -2.37. The fourth-order valence-electron chi connectivity index (χ4n) is 1.46. The van der Waals surface area contributed by atoms with Crippen molar-refractivity contribution in [1.82, 2.24) is 0 Å². The van der Waals surface area contributed by atoms with Gasteiger partial charge in [-0.05, 0) is 24.0 Å². The van der Waals surface area contributed by atoms with Crippen molar-refractivity contribution >= 4 is 11.7 Å². The van der Waals surface area contributed by atoms with Gasteiger partial charge in [0.25, 0.3) is 0 Å². The summed E-state index contributed by atoms with van der Waals surface area (Å²) in [6, 6.07) is 2.56. The maximum absolute atomic E-state index is 13.8. The minimum absolute atomic E-state index is 0.0534. The van der Waals surface area contributed by atoms with Gasteiger partial charge in [0, 0.05) is 6.54 Å². The second kappa shape index (κ2) is 6.50. The van der Waals surface area contributed by atoms with Crippen LogP contribution in [0.3, 0.4) is 0 Å². The van der Waals surface area contributed by atoms with Gasteiger partial charge in [0.1, 0.15) is 0 Å². The van der Waals surface area contributed by atoms with E-state index in [2.05, 4.69) is 23.9 Å². The van der Waals surface area contributed by atoms with Gasteiger partial charge in [0.05, 0.1) is 18.4 Å². The summed E-state index contributed by atoms with van der Waals surface area (Å²) in [6.45, 7) is 6.67. The molecule has 1 atom stereocenters. The molecule has 0 fully saturated rings. The summed E-state index contributed by atoms with van der Waals surface area (Å²) in [5.41, 5.74) is -0.347. The van der Waals surface area contributed by atoms with Gasteiger partial charge in [-0.3, -0.25) is 0 Å². The minimum Gasteiger partial charge on any atom is -0.465 e. The van der Waals surface area contributed by atoms with E-state index in [1.807, 2.05) is 6.92 Å². The minimum atomic E-state index is -1.19. The van der Waals surface area contributed by atoms with Crippen LogP contribution in [0.5, 0.6) is 0 Å². The Morgan fingerprint density at radius 2 is 1.89 bits per heavy atom. The molecule has 3 nitrogen and oxygen atoms in total. The highest BCUT2D eigenvalue weighted by Gasteiger charge is 2.19. The molecular weight excluding hydrogens is 252 g/mol. The van der Waals surface area contributed by atoms with E-state index in [1.165, 1.54) is 12.1 Å². The lowest BCUT2D eigenvalue weighted by molar-refractivity contribution is 0.0594. The third-order valence-corrected chi connectivity index (χ3v) is 3.24. The van der Waals surface area contributed by atoms with Crippen molar-refractivity contribution in [3.8, 4) is 0 Å². The van der Waals surface area contributed by atoms with E-state index in [1.54, 1.807) is 0 Å². The van der Waals surface area contributed by atoms with E-state index < -0.39 is 23.2 Å². The molecule has 106 valence electrons. The number of nitrogens with one attached hydrogen (secondary N) is 1. The van der Waals surface area contributed by atoms with Crippen LogP contribution < -0.4 is 5.32 Å². The van der Waals surface area contributed by atoms with Gasteiger partial charge in [-0.1, -0.05) is 20.8 Å². The first kappa shape index (κ1) is 15.4. The third-order valence-electron chi connectivity index (χ3n) is 3.24. The molecule has 0 bridgehead atoms. The van der Waals surface area contributed by atoms with Crippen LogP contribution >= 0.6 is 0 Å². The number of rotatable bonds is 5. The monoisotopic (exact) mass is 271 g/mol. The number of methoxy groups -OCH3 is 1. The van der Waals surface area contributed by atoms with Gasteiger partial charge in [-0.15, -0.1) is 0 Å². The molecule has 19 heavy (non-hydrogen) atoms. The highest BCUT2D eigenvalue weighted by molar-refractivity contribution is 5.90. The van der Waals surface area contributed by atoms with Crippen LogP contribution in [-0.2, 0) is 4.74 Å². The average Bonchev–Trinajstić information content (AvgIpc) is 2.39. The van der Waals surface area contributed by atoms with Gasteiger partial charge in [-0.2, -0.15) is 0 Å². The zero-order chi connectivity index (χ0) is 14.6. The first-order valence-corrected chi connectivity index (χ1v) is 6.18. The normalized spacial score (nSPS) is 12.4. The zero-order valence-corrected chi connectivity index (χ0v) is 11.6. The molecule has 0 saturated heterocycles.